The van der Waals surface area contributed by atoms with Crippen molar-refractivity contribution in [2.45, 2.75) is 24.8 Å². The molecule has 2 aromatic heterocycles. The number of aromatic nitrogens is 3. The Hall–Kier alpha value is -2.73. The van der Waals surface area contributed by atoms with E-state index < -0.39 is 5.54 Å². The molecule has 0 bridgehead atoms. The molecular formula is C17H16N4O2. The van der Waals surface area contributed by atoms with Crippen molar-refractivity contribution in [3.05, 3.63) is 60.2 Å². The van der Waals surface area contributed by atoms with Gasteiger partial charge in [0.1, 0.15) is 16.9 Å². The largest absolute Gasteiger partial charge is 0.369 e. The van der Waals surface area contributed by atoms with Crippen LogP contribution in [0.1, 0.15) is 24.2 Å². The van der Waals surface area contributed by atoms with Crippen molar-refractivity contribution < 1.29 is 9.63 Å². The lowest BCUT2D eigenvalue weighted by Gasteiger charge is -2.14. The number of aromatic amines is 1. The molecule has 1 fully saturated rings. The molecule has 4 rings (SSSR count). The van der Waals surface area contributed by atoms with Gasteiger partial charge in [-0.25, -0.2) is 4.98 Å². The Labute approximate surface area is 132 Å². The second-order valence-electron chi connectivity index (χ2n) is 5.80. The number of hydrogen-bond donors (Lipinski definition) is 2. The number of carbonyl (C=O) groups excluding carboxylic acids is 1. The predicted octanol–water partition coefficient (Wildman–Crippen LogP) is 2.24. The summed E-state index contributed by atoms with van der Waals surface area (Å²) >= 11 is 0. The van der Waals surface area contributed by atoms with Crippen LogP contribution in [0.2, 0.25) is 0 Å². The maximum Gasteiger partial charge on any atom is 0.329 e. The Morgan fingerprint density at radius 2 is 2.09 bits per heavy atom. The van der Waals surface area contributed by atoms with Crippen LogP contribution in [-0.4, -0.2) is 20.9 Å². The van der Waals surface area contributed by atoms with E-state index in [0.29, 0.717) is 0 Å². The molecule has 0 atom stereocenters. The van der Waals surface area contributed by atoms with Crippen molar-refractivity contribution in [1.82, 2.24) is 20.4 Å². The van der Waals surface area contributed by atoms with E-state index in [2.05, 4.69) is 20.4 Å². The number of hydroxylamine groups is 1. The smallest absolute Gasteiger partial charge is 0.329 e. The molecule has 0 spiro atoms. The number of benzene rings is 1. The van der Waals surface area contributed by atoms with E-state index in [4.69, 9.17) is 4.84 Å². The number of rotatable bonds is 5. The third-order valence-electron chi connectivity index (χ3n) is 4.04. The minimum atomic E-state index is -0.397. The first-order valence-electron chi connectivity index (χ1n) is 7.56. The van der Waals surface area contributed by atoms with E-state index in [9.17, 15) is 4.79 Å². The Balaban J connectivity index is 1.43. The maximum atomic E-state index is 12.0. The molecule has 0 amide bonds. The van der Waals surface area contributed by atoms with Gasteiger partial charge in [-0.2, -0.15) is 0 Å². The normalized spacial score (nSPS) is 15.5. The average Bonchev–Trinajstić information content (AvgIpc) is 3.24. The quantitative estimate of drug-likeness (QED) is 0.707. The first-order valence-corrected chi connectivity index (χ1v) is 7.56. The van der Waals surface area contributed by atoms with Crippen LogP contribution in [0.3, 0.4) is 0 Å². The van der Waals surface area contributed by atoms with Crippen molar-refractivity contribution >= 4 is 17.0 Å². The Kier molecular flexibility index (Phi) is 3.31. The molecular weight excluding hydrogens is 292 g/mol. The molecule has 0 saturated heterocycles. The molecule has 1 aliphatic rings. The zero-order chi connectivity index (χ0) is 15.7. The highest BCUT2D eigenvalue weighted by molar-refractivity contribution is 5.74. The molecule has 3 aromatic rings. The van der Waals surface area contributed by atoms with Gasteiger partial charge >= 0.3 is 5.97 Å². The molecule has 23 heavy (non-hydrogen) atoms. The molecule has 1 saturated carbocycles. The van der Waals surface area contributed by atoms with Gasteiger partial charge in [-0.3, -0.25) is 9.78 Å². The van der Waals surface area contributed by atoms with Gasteiger partial charge in [-0.05, 0) is 24.5 Å². The maximum absolute atomic E-state index is 12.0. The fourth-order valence-electron chi connectivity index (χ4n) is 2.55. The molecule has 0 unspecified atom stereocenters. The van der Waals surface area contributed by atoms with Crippen LogP contribution in [-0.2, 0) is 21.6 Å². The summed E-state index contributed by atoms with van der Waals surface area (Å²) < 4.78 is 0. The van der Waals surface area contributed by atoms with Crippen LogP contribution in [0.25, 0.3) is 11.0 Å². The van der Waals surface area contributed by atoms with Gasteiger partial charge in [0.05, 0.1) is 18.1 Å². The summed E-state index contributed by atoms with van der Waals surface area (Å²) in [5, 5.41) is 0. The van der Waals surface area contributed by atoms with E-state index >= 15 is 0 Å². The second kappa shape index (κ2) is 5.48. The average molecular weight is 308 g/mol. The van der Waals surface area contributed by atoms with Crippen LogP contribution in [0.4, 0.5) is 0 Å². The van der Waals surface area contributed by atoms with E-state index in [1.807, 2.05) is 36.4 Å². The summed E-state index contributed by atoms with van der Waals surface area (Å²) in [5.41, 5.74) is 5.18. The summed E-state index contributed by atoms with van der Waals surface area (Å²) in [6.45, 7) is 0. The summed E-state index contributed by atoms with van der Waals surface area (Å²) in [6.07, 6.45) is 5.43. The number of fused-ring (bicyclic) bond motifs is 1. The highest BCUT2D eigenvalue weighted by Crippen LogP contribution is 2.44. The zero-order valence-electron chi connectivity index (χ0n) is 12.5. The van der Waals surface area contributed by atoms with E-state index in [1.54, 1.807) is 12.4 Å². The monoisotopic (exact) mass is 308 g/mol. The van der Waals surface area contributed by atoms with Crippen molar-refractivity contribution in [2.75, 3.05) is 0 Å². The lowest BCUT2D eigenvalue weighted by atomic mass is 10.2. The van der Waals surface area contributed by atoms with E-state index in [1.165, 1.54) is 0 Å². The topological polar surface area (TPSA) is 79.9 Å². The number of H-pyrrole nitrogens is 1. The minimum absolute atomic E-state index is 0.244. The van der Waals surface area contributed by atoms with Crippen LogP contribution in [0.5, 0.6) is 0 Å². The van der Waals surface area contributed by atoms with Gasteiger partial charge in [0.2, 0.25) is 0 Å². The van der Waals surface area contributed by atoms with Crippen molar-refractivity contribution in [3.8, 4) is 0 Å². The summed E-state index contributed by atoms with van der Waals surface area (Å²) in [5.74, 6) is 0.480. The molecule has 0 radical (unpaired) electrons. The lowest BCUT2D eigenvalue weighted by molar-refractivity contribution is -0.153. The Morgan fingerprint density at radius 3 is 2.83 bits per heavy atom. The van der Waals surface area contributed by atoms with Crippen molar-refractivity contribution in [3.63, 3.8) is 0 Å². The first-order chi connectivity index (χ1) is 11.3. The Morgan fingerprint density at radius 1 is 1.26 bits per heavy atom. The second-order valence-corrected chi connectivity index (χ2v) is 5.80. The molecule has 2 heterocycles. The number of nitrogens with one attached hydrogen (secondary N) is 2. The standard InChI is InChI=1S/C17H16N4O2/c22-15(10-12-4-2-1-3-5-12)23-21-17(7-8-17)16-19-13-6-9-18-11-14(13)20-16/h1-6,9,11,21H,7-8,10H2,(H,19,20). The molecule has 116 valence electrons. The summed E-state index contributed by atoms with van der Waals surface area (Å²) in [4.78, 5) is 29.1. The van der Waals surface area contributed by atoms with Gasteiger partial charge in [0.15, 0.2) is 0 Å². The molecule has 6 heteroatoms. The number of carbonyl (C=O) groups is 1. The van der Waals surface area contributed by atoms with Crippen LogP contribution in [0.15, 0.2) is 48.8 Å². The SMILES string of the molecule is O=C(Cc1ccccc1)ONC1(c2nc3cnccc3[nH]2)CC1. The minimum Gasteiger partial charge on any atom is -0.369 e. The molecule has 1 aliphatic carbocycles. The van der Waals surface area contributed by atoms with E-state index in [0.717, 1.165) is 35.3 Å². The lowest BCUT2D eigenvalue weighted by Crippen LogP contribution is -2.33. The van der Waals surface area contributed by atoms with Crippen molar-refractivity contribution in [2.24, 2.45) is 0 Å². The molecule has 0 aliphatic heterocycles. The van der Waals surface area contributed by atoms with Gasteiger partial charge in [-0.1, -0.05) is 30.3 Å². The molecule has 1 aromatic carbocycles. The fraction of sp³-hybridized carbons (Fsp3) is 0.235. The zero-order valence-corrected chi connectivity index (χ0v) is 12.5. The predicted molar refractivity (Wildman–Crippen MR) is 84.2 cm³/mol. The highest BCUT2D eigenvalue weighted by Gasteiger charge is 2.48. The first kappa shape index (κ1) is 13.9. The molecule has 2 N–H and O–H groups in total. The van der Waals surface area contributed by atoms with Gasteiger partial charge < -0.3 is 9.82 Å². The summed E-state index contributed by atoms with van der Waals surface area (Å²) in [7, 11) is 0. The molecule has 6 nitrogen and oxygen atoms in total. The number of hydrogen-bond acceptors (Lipinski definition) is 5. The number of nitrogens with zero attached hydrogens (tertiary/aromatic N) is 2. The van der Waals surface area contributed by atoms with Crippen molar-refractivity contribution in [1.29, 1.82) is 0 Å². The van der Waals surface area contributed by atoms with Crippen LogP contribution in [0, 0.1) is 0 Å². The number of imidazole rings is 1. The Bertz CT molecular complexity index is 807. The summed E-state index contributed by atoms with van der Waals surface area (Å²) in [6, 6.07) is 11.4. The fourth-order valence-corrected chi connectivity index (χ4v) is 2.55. The van der Waals surface area contributed by atoms with Gasteiger partial charge in [0, 0.05) is 6.20 Å². The number of pyridine rings is 1. The third-order valence-corrected chi connectivity index (χ3v) is 4.04. The van der Waals surface area contributed by atoms with Crippen LogP contribution >= 0.6 is 0 Å². The third kappa shape index (κ3) is 2.80. The van der Waals surface area contributed by atoms with Crippen LogP contribution < -0.4 is 5.48 Å². The van der Waals surface area contributed by atoms with Gasteiger partial charge in [0.25, 0.3) is 0 Å². The van der Waals surface area contributed by atoms with Gasteiger partial charge in [-0.15, -0.1) is 5.48 Å². The highest BCUT2D eigenvalue weighted by atomic mass is 16.7. The van der Waals surface area contributed by atoms with E-state index in [-0.39, 0.29) is 12.4 Å².